The molecule has 1 unspecified atom stereocenters. The minimum Gasteiger partial charge on any atom is -0.341 e. The number of hydrogen-bond acceptors (Lipinski definition) is 3. The molecule has 2 saturated heterocycles. The smallest absolute Gasteiger partial charge is 0.239 e. The van der Waals surface area contributed by atoms with E-state index in [4.69, 9.17) is 0 Å². The highest BCUT2D eigenvalue weighted by atomic mass is 19.1. The van der Waals surface area contributed by atoms with Crippen LogP contribution in [0.1, 0.15) is 44.1 Å². The Bertz CT molecular complexity index is 569. The molecule has 0 bridgehead atoms. The van der Waals surface area contributed by atoms with Gasteiger partial charge < -0.3 is 10.2 Å². The summed E-state index contributed by atoms with van der Waals surface area (Å²) in [5.74, 6) is 0.841. The van der Waals surface area contributed by atoms with E-state index >= 15 is 0 Å². The lowest BCUT2D eigenvalue weighted by molar-refractivity contribution is -0.140. The summed E-state index contributed by atoms with van der Waals surface area (Å²) >= 11 is 0. The molecule has 1 aromatic rings. The van der Waals surface area contributed by atoms with Crippen molar-refractivity contribution < 1.29 is 9.18 Å². The average molecular weight is 362 g/mol. The molecule has 0 radical (unpaired) electrons. The first-order valence-electron chi connectivity index (χ1n) is 10.1. The largest absolute Gasteiger partial charge is 0.341 e. The normalized spacial score (nSPS) is 22.5. The van der Waals surface area contributed by atoms with E-state index in [0.717, 1.165) is 76.3 Å². The van der Waals surface area contributed by atoms with Crippen LogP contribution in [0.25, 0.3) is 0 Å². The van der Waals surface area contributed by atoms with Gasteiger partial charge >= 0.3 is 0 Å². The monoisotopic (exact) mass is 361 g/mol. The molecule has 0 aromatic heterocycles. The molecule has 1 atom stereocenters. The predicted molar refractivity (Wildman–Crippen MR) is 102 cm³/mol. The molecule has 1 amide bonds. The van der Waals surface area contributed by atoms with Gasteiger partial charge in [0, 0.05) is 19.6 Å². The lowest BCUT2D eigenvalue weighted by atomic mass is 9.92. The third kappa shape index (κ3) is 5.04. The number of rotatable bonds is 6. The molecule has 144 valence electrons. The van der Waals surface area contributed by atoms with Crippen molar-refractivity contribution in [1.29, 1.82) is 0 Å². The number of hydrogen-bond donors (Lipinski definition) is 1. The number of amides is 1. The third-order valence-corrected chi connectivity index (χ3v) is 5.93. The second-order valence-corrected chi connectivity index (χ2v) is 7.77. The van der Waals surface area contributed by atoms with Crippen molar-refractivity contribution >= 4 is 5.91 Å². The van der Waals surface area contributed by atoms with Crippen molar-refractivity contribution in [3.05, 3.63) is 35.6 Å². The molecule has 1 N–H and O–H groups in total. The molecule has 2 aliphatic rings. The summed E-state index contributed by atoms with van der Waals surface area (Å²) in [6, 6.07) is 6.66. The zero-order chi connectivity index (χ0) is 18.4. The van der Waals surface area contributed by atoms with E-state index in [-0.39, 0.29) is 11.9 Å². The van der Waals surface area contributed by atoms with E-state index in [1.54, 1.807) is 0 Å². The van der Waals surface area contributed by atoms with Gasteiger partial charge in [0.25, 0.3) is 0 Å². The van der Waals surface area contributed by atoms with Crippen molar-refractivity contribution in [3.63, 3.8) is 0 Å². The van der Waals surface area contributed by atoms with Crippen LogP contribution >= 0.6 is 0 Å². The van der Waals surface area contributed by atoms with E-state index in [0.29, 0.717) is 5.91 Å². The Hall–Kier alpha value is -1.46. The number of piperidine rings is 2. The fourth-order valence-electron chi connectivity index (χ4n) is 4.29. The Kier molecular flexibility index (Phi) is 7.03. The standard InChI is InChI=1S/C21H32FN3O/c1-23-12-9-17-10-14-24(15-11-17)21(26)20-4-2-3-13-25(20)16-18-5-7-19(22)8-6-18/h5-8,17,20,23H,2-4,9-16H2,1H3. The zero-order valence-electron chi connectivity index (χ0n) is 15.9. The number of nitrogens with zero attached hydrogens (tertiary/aromatic N) is 2. The third-order valence-electron chi connectivity index (χ3n) is 5.93. The van der Waals surface area contributed by atoms with Gasteiger partial charge in [0.1, 0.15) is 5.82 Å². The molecule has 4 nitrogen and oxygen atoms in total. The maximum Gasteiger partial charge on any atom is 0.239 e. The second-order valence-electron chi connectivity index (χ2n) is 7.77. The number of nitrogens with one attached hydrogen (secondary N) is 1. The highest BCUT2D eigenvalue weighted by molar-refractivity contribution is 5.82. The molecule has 2 heterocycles. The van der Waals surface area contributed by atoms with Gasteiger partial charge in [-0.15, -0.1) is 0 Å². The molecule has 1 aromatic carbocycles. The molecule has 2 fully saturated rings. The van der Waals surface area contributed by atoms with Gasteiger partial charge in [-0.2, -0.15) is 0 Å². The lowest BCUT2D eigenvalue weighted by Crippen LogP contribution is -2.52. The van der Waals surface area contributed by atoms with E-state index < -0.39 is 0 Å². The number of carbonyl (C=O) groups is 1. The molecule has 0 saturated carbocycles. The minimum absolute atomic E-state index is 0.0114. The van der Waals surface area contributed by atoms with Gasteiger partial charge in [0.05, 0.1) is 6.04 Å². The van der Waals surface area contributed by atoms with Gasteiger partial charge in [-0.3, -0.25) is 9.69 Å². The quantitative estimate of drug-likeness (QED) is 0.846. The molecule has 2 aliphatic heterocycles. The molecule has 26 heavy (non-hydrogen) atoms. The Morgan fingerprint density at radius 2 is 1.85 bits per heavy atom. The topological polar surface area (TPSA) is 35.6 Å². The second kappa shape index (κ2) is 9.47. The Labute approximate surface area is 156 Å². The fourth-order valence-corrected chi connectivity index (χ4v) is 4.29. The molecular formula is C21H32FN3O. The minimum atomic E-state index is -0.207. The highest BCUT2D eigenvalue weighted by Crippen LogP contribution is 2.25. The highest BCUT2D eigenvalue weighted by Gasteiger charge is 2.33. The van der Waals surface area contributed by atoms with Gasteiger partial charge in [0.15, 0.2) is 0 Å². The SMILES string of the molecule is CNCCC1CCN(C(=O)C2CCCCN2Cc2ccc(F)cc2)CC1. The van der Waals surface area contributed by atoms with Gasteiger partial charge in [-0.25, -0.2) is 4.39 Å². The van der Waals surface area contributed by atoms with E-state index in [1.807, 2.05) is 19.2 Å². The fraction of sp³-hybridized carbons (Fsp3) is 0.667. The van der Waals surface area contributed by atoms with Gasteiger partial charge in [-0.05, 0) is 75.9 Å². The van der Waals surface area contributed by atoms with Crippen molar-refractivity contribution in [2.45, 2.75) is 51.1 Å². The summed E-state index contributed by atoms with van der Waals surface area (Å²) in [4.78, 5) is 17.5. The summed E-state index contributed by atoms with van der Waals surface area (Å²) in [6.07, 6.45) is 6.65. The Balaban J connectivity index is 1.57. The average Bonchev–Trinajstić information content (AvgIpc) is 2.68. The summed E-state index contributed by atoms with van der Waals surface area (Å²) in [6.45, 7) is 4.54. The van der Waals surface area contributed by atoms with Crippen LogP contribution in [0, 0.1) is 11.7 Å². The van der Waals surface area contributed by atoms with Crippen LogP contribution < -0.4 is 5.32 Å². The van der Waals surface area contributed by atoms with Gasteiger partial charge in [-0.1, -0.05) is 18.6 Å². The number of likely N-dealkylation sites (tertiary alicyclic amines) is 2. The number of halogens is 1. The number of carbonyl (C=O) groups excluding carboxylic acids is 1. The maximum absolute atomic E-state index is 13.1. The molecule has 0 spiro atoms. The van der Waals surface area contributed by atoms with Crippen LogP contribution in [0.15, 0.2) is 24.3 Å². The summed E-state index contributed by atoms with van der Waals surface area (Å²) in [5.41, 5.74) is 1.08. The van der Waals surface area contributed by atoms with E-state index in [1.165, 1.54) is 18.6 Å². The van der Waals surface area contributed by atoms with Crippen LogP contribution in [0.4, 0.5) is 4.39 Å². The van der Waals surface area contributed by atoms with Crippen LogP contribution in [-0.2, 0) is 11.3 Å². The first-order valence-corrected chi connectivity index (χ1v) is 10.1. The lowest BCUT2D eigenvalue weighted by Gasteiger charge is -2.40. The Morgan fingerprint density at radius 3 is 2.54 bits per heavy atom. The molecule has 5 heteroatoms. The summed E-state index contributed by atoms with van der Waals surface area (Å²) in [7, 11) is 2.00. The van der Waals surface area contributed by atoms with Crippen molar-refractivity contribution in [2.75, 3.05) is 33.2 Å². The van der Waals surface area contributed by atoms with Crippen molar-refractivity contribution in [3.8, 4) is 0 Å². The molecule has 0 aliphatic carbocycles. The molecular weight excluding hydrogens is 329 g/mol. The van der Waals surface area contributed by atoms with E-state index in [9.17, 15) is 9.18 Å². The first-order chi connectivity index (χ1) is 12.7. The van der Waals surface area contributed by atoms with Crippen molar-refractivity contribution in [2.24, 2.45) is 5.92 Å². The summed E-state index contributed by atoms with van der Waals surface area (Å²) in [5, 5.41) is 3.22. The van der Waals surface area contributed by atoms with Crippen molar-refractivity contribution in [1.82, 2.24) is 15.1 Å². The first kappa shape index (κ1) is 19.3. The van der Waals surface area contributed by atoms with Gasteiger partial charge in [0.2, 0.25) is 5.91 Å². The summed E-state index contributed by atoms with van der Waals surface area (Å²) < 4.78 is 13.1. The van der Waals surface area contributed by atoms with Crippen LogP contribution in [0.3, 0.4) is 0 Å². The maximum atomic E-state index is 13.1. The molecule has 3 rings (SSSR count). The number of benzene rings is 1. The Morgan fingerprint density at radius 1 is 1.12 bits per heavy atom. The van der Waals surface area contributed by atoms with E-state index in [2.05, 4.69) is 15.1 Å². The van der Waals surface area contributed by atoms with Crippen LogP contribution in [0.5, 0.6) is 0 Å². The van der Waals surface area contributed by atoms with Crippen LogP contribution in [-0.4, -0.2) is 55.0 Å². The predicted octanol–water partition coefficient (Wildman–Crippen LogP) is 3.03. The van der Waals surface area contributed by atoms with Crippen LogP contribution in [0.2, 0.25) is 0 Å². The zero-order valence-corrected chi connectivity index (χ0v) is 15.9.